The number of nitrogens with one attached hydrogen (secondary N) is 1. The van der Waals surface area contributed by atoms with Crippen molar-refractivity contribution in [2.75, 3.05) is 19.8 Å². The molecule has 0 aromatic heterocycles. The fourth-order valence-corrected chi connectivity index (χ4v) is 3.49. The molecule has 5 heteroatoms. The lowest BCUT2D eigenvalue weighted by Crippen LogP contribution is -2.32. The number of ether oxygens (including phenoxy) is 2. The van der Waals surface area contributed by atoms with Crippen molar-refractivity contribution >= 4 is 17.7 Å². The van der Waals surface area contributed by atoms with Gasteiger partial charge < -0.3 is 14.8 Å². The van der Waals surface area contributed by atoms with Gasteiger partial charge in [0.1, 0.15) is 0 Å². The van der Waals surface area contributed by atoms with Crippen LogP contribution in [0, 0.1) is 6.92 Å². The highest BCUT2D eigenvalue weighted by atomic mass is 32.2. The molecule has 0 spiro atoms. The zero-order valence-corrected chi connectivity index (χ0v) is 17.4. The normalized spacial score (nSPS) is 11.7. The largest absolute Gasteiger partial charge is 0.490 e. The van der Waals surface area contributed by atoms with Gasteiger partial charge in [0.2, 0.25) is 5.91 Å². The molecule has 1 amide bonds. The minimum atomic E-state index is -0.132. The summed E-state index contributed by atoms with van der Waals surface area (Å²) in [4.78, 5) is 13.4. The lowest BCUT2D eigenvalue weighted by molar-refractivity contribution is -0.120. The first-order chi connectivity index (χ1) is 13.0. The van der Waals surface area contributed by atoms with Crippen molar-refractivity contribution in [3.05, 3.63) is 53.6 Å². The molecule has 0 radical (unpaired) electrons. The van der Waals surface area contributed by atoms with Crippen LogP contribution in [0.25, 0.3) is 0 Å². The third-order valence-electron chi connectivity index (χ3n) is 4.02. The lowest BCUT2D eigenvalue weighted by Gasteiger charge is -2.14. The number of hydrogen-bond acceptors (Lipinski definition) is 4. The highest BCUT2D eigenvalue weighted by molar-refractivity contribution is 8.00. The summed E-state index contributed by atoms with van der Waals surface area (Å²) in [5.74, 6) is 1.57. The van der Waals surface area contributed by atoms with E-state index in [9.17, 15) is 4.79 Å². The van der Waals surface area contributed by atoms with Crippen LogP contribution in [0.5, 0.6) is 11.5 Å². The van der Waals surface area contributed by atoms with Gasteiger partial charge in [0.25, 0.3) is 0 Å². The molecule has 0 bridgehead atoms. The summed E-state index contributed by atoms with van der Waals surface area (Å²) in [6.45, 7) is 9.69. The molecule has 4 nitrogen and oxygen atoms in total. The minimum absolute atomic E-state index is 0.0524. The second kappa shape index (κ2) is 10.9. The van der Waals surface area contributed by atoms with Crippen LogP contribution >= 0.6 is 11.8 Å². The number of amides is 1. The van der Waals surface area contributed by atoms with Gasteiger partial charge in [0.15, 0.2) is 11.5 Å². The summed E-state index contributed by atoms with van der Waals surface area (Å²) in [5, 5.41) is 2.89. The van der Waals surface area contributed by atoms with Crippen LogP contribution < -0.4 is 14.8 Å². The van der Waals surface area contributed by atoms with Gasteiger partial charge in [-0.3, -0.25) is 4.79 Å². The van der Waals surface area contributed by atoms with Crippen LogP contribution in [0.1, 0.15) is 31.9 Å². The molecule has 2 aromatic carbocycles. The molecular weight excluding hydrogens is 358 g/mol. The van der Waals surface area contributed by atoms with E-state index in [1.54, 1.807) is 11.8 Å². The predicted octanol–water partition coefficient (Wildman–Crippen LogP) is 4.63. The molecule has 0 saturated carbocycles. The highest BCUT2D eigenvalue weighted by Gasteiger charge is 2.14. The summed E-state index contributed by atoms with van der Waals surface area (Å²) in [6, 6.07) is 14.2. The van der Waals surface area contributed by atoms with Gasteiger partial charge in [-0.2, -0.15) is 0 Å². The Bertz CT molecular complexity index is 731. The van der Waals surface area contributed by atoms with Crippen molar-refractivity contribution in [1.29, 1.82) is 0 Å². The molecule has 0 aliphatic rings. The maximum atomic E-state index is 12.3. The summed E-state index contributed by atoms with van der Waals surface area (Å²) in [7, 11) is 0. The number of aryl methyl sites for hydroxylation is 1. The molecule has 0 fully saturated rings. The molecule has 27 heavy (non-hydrogen) atoms. The topological polar surface area (TPSA) is 47.6 Å². The van der Waals surface area contributed by atoms with Gasteiger partial charge in [-0.05, 0) is 63.9 Å². The second-order valence-electron chi connectivity index (χ2n) is 6.26. The van der Waals surface area contributed by atoms with Crippen LogP contribution in [0.2, 0.25) is 0 Å². The van der Waals surface area contributed by atoms with E-state index in [1.807, 2.05) is 39.0 Å². The van der Waals surface area contributed by atoms with Crippen molar-refractivity contribution in [3.63, 3.8) is 0 Å². The van der Waals surface area contributed by atoms with Gasteiger partial charge in [0, 0.05) is 11.4 Å². The maximum Gasteiger partial charge on any atom is 0.233 e. The summed E-state index contributed by atoms with van der Waals surface area (Å²) < 4.78 is 11.2. The third kappa shape index (κ3) is 6.83. The zero-order chi connectivity index (χ0) is 19.6. The zero-order valence-electron chi connectivity index (χ0n) is 16.6. The predicted molar refractivity (Wildman–Crippen MR) is 112 cm³/mol. The average Bonchev–Trinajstić information content (AvgIpc) is 2.66. The Morgan fingerprint density at radius 3 is 2.37 bits per heavy atom. The van der Waals surface area contributed by atoms with Gasteiger partial charge in [0.05, 0.1) is 18.5 Å². The first-order valence-electron chi connectivity index (χ1n) is 9.43. The molecule has 1 atom stereocenters. The molecule has 1 unspecified atom stereocenters. The van der Waals surface area contributed by atoms with Crippen molar-refractivity contribution in [3.8, 4) is 11.5 Å². The van der Waals surface area contributed by atoms with Gasteiger partial charge in [-0.15, -0.1) is 11.8 Å². The monoisotopic (exact) mass is 387 g/mol. The summed E-state index contributed by atoms with van der Waals surface area (Å²) >= 11 is 1.57. The minimum Gasteiger partial charge on any atom is -0.490 e. The smallest absolute Gasteiger partial charge is 0.233 e. The van der Waals surface area contributed by atoms with E-state index < -0.39 is 0 Å². The summed E-state index contributed by atoms with van der Waals surface area (Å²) in [6.07, 6.45) is 0.750. The second-order valence-corrected chi connectivity index (χ2v) is 7.68. The van der Waals surface area contributed by atoms with E-state index in [-0.39, 0.29) is 11.2 Å². The quantitative estimate of drug-likeness (QED) is 0.604. The Morgan fingerprint density at radius 2 is 1.70 bits per heavy atom. The highest BCUT2D eigenvalue weighted by Crippen LogP contribution is 2.28. The first kappa shape index (κ1) is 21.2. The van der Waals surface area contributed by atoms with Crippen molar-refractivity contribution in [2.45, 2.75) is 44.3 Å². The van der Waals surface area contributed by atoms with E-state index in [2.05, 4.69) is 36.5 Å². The van der Waals surface area contributed by atoms with E-state index >= 15 is 0 Å². The number of rotatable bonds is 10. The molecule has 2 rings (SSSR count). The van der Waals surface area contributed by atoms with Crippen molar-refractivity contribution < 1.29 is 14.3 Å². The Morgan fingerprint density at radius 1 is 1.04 bits per heavy atom. The Labute approximate surface area is 166 Å². The van der Waals surface area contributed by atoms with Crippen LogP contribution in [0.3, 0.4) is 0 Å². The molecule has 1 N–H and O–H groups in total. The van der Waals surface area contributed by atoms with E-state index in [0.29, 0.717) is 19.8 Å². The van der Waals surface area contributed by atoms with Crippen LogP contribution in [-0.4, -0.2) is 30.9 Å². The molecule has 146 valence electrons. The van der Waals surface area contributed by atoms with Crippen LogP contribution in [-0.2, 0) is 11.2 Å². The van der Waals surface area contributed by atoms with Crippen LogP contribution in [0.4, 0.5) is 0 Å². The van der Waals surface area contributed by atoms with Crippen molar-refractivity contribution in [2.24, 2.45) is 0 Å². The SMILES string of the molecule is CCOc1ccc(CCNC(=O)C(C)Sc2ccc(C)cc2)cc1OCC. The first-order valence-corrected chi connectivity index (χ1v) is 10.3. The molecule has 0 aliphatic carbocycles. The summed E-state index contributed by atoms with van der Waals surface area (Å²) in [5.41, 5.74) is 2.33. The van der Waals surface area contributed by atoms with E-state index in [1.165, 1.54) is 5.56 Å². The molecule has 0 saturated heterocycles. The van der Waals surface area contributed by atoms with Gasteiger partial charge in [-0.25, -0.2) is 0 Å². The standard InChI is InChI=1S/C22H29NO3S/c1-5-25-20-12-9-18(15-21(20)26-6-2)13-14-23-22(24)17(4)27-19-10-7-16(3)8-11-19/h7-12,15,17H,5-6,13-14H2,1-4H3,(H,23,24). The molecular formula is C22H29NO3S. The van der Waals surface area contributed by atoms with Gasteiger partial charge >= 0.3 is 0 Å². The van der Waals surface area contributed by atoms with E-state index in [4.69, 9.17) is 9.47 Å². The Balaban J connectivity index is 1.84. The molecule has 2 aromatic rings. The Kier molecular flexibility index (Phi) is 8.52. The van der Waals surface area contributed by atoms with Crippen molar-refractivity contribution in [1.82, 2.24) is 5.32 Å². The number of carbonyl (C=O) groups excluding carboxylic acids is 1. The molecule has 0 aliphatic heterocycles. The number of carbonyl (C=O) groups is 1. The average molecular weight is 388 g/mol. The molecule has 0 heterocycles. The number of hydrogen-bond donors (Lipinski definition) is 1. The fourth-order valence-electron chi connectivity index (χ4n) is 2.60. The maximum absolute atomic E-state index is 12.3. The van der Waals surface area contributed by atoms with Crippen LogP contribution in [0.15, 0.2) is 47.4 Å². The third-order valence-corrected chi connectivity index (χ3v) is 5.14. The number of benzene rings is 2. The van der Waals surface area contributed by atoms with E-state index in [0.717, 1.165) is 28.4 Å². The van der Waals surface area contributed by atoms with Gasteiger partial charge in [-0.1, -0.05) is 23.8 Å². The number of thioether (sulfide) groups is 1. The Hall–Kier alpha value is -2.14. The lowest BCUT2D eigenvalue weighted by atomic mass is 10.1. The fraction of sp³-hybridized carbons (Fsp3) is 0.409.